The van der Waals surface area contributed by atoms with Gasteiger partial charge in [0.15, 0.2) is 0 Å². The van der Waals surface area contributed by atoms with Crippen molar-refractivity contribution in [2.75, 3.05) is 0 Å². The second-order valence-corrected chi connectivity index (χ2v) is 17.2. The molecule has 0 aliphatic heterocycles. The molecule has 0 radical (unpaired) electrons. The first-order chi connectivity index (χ1) is 7.72. The van der Waals surface area contributed by atoms with Crippen molar-refractivity contribution in [3.8, 4) is 5.75 Å². The molecule has 6 heteroatoms. The predicted molar refractivity (Wildman–Crippen MR) is 96.7 cm³/mol. The van der Waals surface area contributed by atoms with Crippen molar-refractivity contribution in [1.29, 1.82) is 0 Å². The third-order valence-corrected chi connectivity index (χ3v) is 9.76. The summed E-state index contributed by atoms with van der Waals surface area (Å²) in [5.41, 5.74) is 1.50. The van der Waals surface area contributed by atoms with Crippen LogP contribution in [0.15, 0.2) is 23.0 Å². The van der Waals surface area contributed by atoms with Gasteiger partial charge < -0.3 is 4.43 Å². The average molecular weight is 313 g/mol. The SMILES string of the molecule is C[Si](C)(C)Oc1cccc(C([SiH3])=C([SiH3])[SiH3])c1[SiH3]. The van der Waals surface area contributed by atoms with Crippen LogP contribution in [-0.2, 0) is 0 Å². The van der Waals surface area contributed by atoms with Crippen LogP contribution < -0.4 is 9.61 Å². The standard InChI is InChI=1S/C11H24OSi5/c1-17(2,3)12-8-6-4-5-7(9(8)13)10(14)11(15)16/h4-6H,1-3,13-16H3. The third kappa shape index (κ3) is 4.21. The lowest BCUT2D eigenvalue weighted by molar-refractivity contribution is 0.562. The summed E-state index contributed by atoms with van der Waals surface area (Å²) < 4.78 is 6.19. The summed E-state index contributed by atoms with van der Waals surface area (Å²) in [6.07, 6.45) is 0. The Kier molecular flexibility index (Phi) is 4.96. The van der Waals surface area contributed by atoms with Crippen molar-refractivity contribution >= 4 is 59.7 Å². The number of hydrogen-bond donors (Lipinski definition) is 0. The first-order valence-electron chi connectivity index (χ1n) is 6.15. The van der Waals surface area contributed by atoms with E-state index < -0.39 is 8.32 Å². The van der Waals surface area contributed by atoms with Gasteiger partial charge in [-0.05, 0) is 36.5 Å². The average Bonchev–Trinajstić information content (AvgIpc) is 2.18. The molecule has 94 valence electrons. The van der Waals surface area contributed by atoms with Gasteiger partial charge in [-0.25, -0.2) is 0 Å². The Morgan fingerprint density at radius 3 is 2.18 bits per heavy atom. The maximum absolute atomic E-state index is 6.19. The van der Waals surface area contributed by atoms with Gasteiger partial charge in [-0.3, -0.25) is 0 Å². The monoisotopic (exact) mass is 312 g/mol. The lowest BCUT2D eigenvalue weighted by atomic mass is 10.2. The molecule has 0 unspecified atom stereocenters. The first kappa shape index (κ1) is 14.9. The normalized spacial score (nSPS) is 11.9. The van der Waals surface area contributed by atoms with E-state index in [4.69, 9.17) is 4.43 Å². The Balaban J connectivity index is 3.22. The van der Waals surface area contributed by atoms with Crippen LogP contribution in [0.25, 0.3) is 5.20 Å². The van der Waals surface area contributed by atoms with Crippen molar-refractivity contribution in [3.63, 3.8) is 0 Å². The van der Waals surface area contributed by atoms with Crippen LogP contribution >= 0.6 is 0 Å². The molecule has 0 saturated heterocycles. The van der Waals surface area contributed by atoms with Gasteiger partial charge in [0, 0.05) is 41.0 Å². The van der Waals surface area contributed by atoms with Crippen molar-refractivity contribution < 1.29 is 4.43 Å². The Labute approximate surface area is 118 Å². The summed E-state index contributed by atoms with van der Waals surface area (Å²) in [5.74, 6) is 1.16. The highest BCUT2D eigenvalue weighted by Gasteiger charge is 2.18. The molecule has 17 heavy (non-hydrogen) atoms. The smallest absolute Gasteiger partial charge is 0.242 e. The van der Waals surface area contributed by atoms with Gasteiger partial charge in [0.2, 0.25) is 8.32 Å². The predicted octanol–water partition coefficient (Wildman–Crippen LogP) is -2.39. The quantitative estimate of drug-likeness (QED) is 0.566. The van der Waals surface area contributed by atoms with Crippen molar-refractivity contribution in [2.45, 2.75) is 19.6 Å². The summed E-state index contributed by atoms with van der Waals surface area (Å²) in [7, 11) is 3.25. The van der Waals surface area contributed by atoms with Gasteiger partial charge in [-0.1, -0.05) is 17.3 Å². The molecule has 0 aliphatic rings. The zero-order valence-electron chi connectivity index (χ0n) is 12.1. The third-order valence-electron chi connectivity index (χ3n) is 2.85. The highest BCUT2D eigenvalue weighted by atomic mass is 28.4. The minimum absolute atomic E-state index is 1.08. The molecular weight excluding hydrogens is 289 g/mol. The Morgan fingerprint density at radius 1 is 1.12 bits per heavy atom. The van der Waals surface area contributed by atoms with Crippen LogP contribution in [0.5, 0.6) is 5.75 Å². The molecule has 0 amide bonds. The summed E-state index contributed by atoms with van der Waals surface area (Å²) in [6, 6.07) is 6.60. The number of benzene rings is 1. The van der Waals surface area contributed by atoms with Crippen molar-refractivity contribution in [3.05, 3.63) is 28.6 Å². The molecule has 1 nitrogen and oxygen atoms in total. The lowest BCUT2D eigenvalue weighted by Crippen LogP contribution is -2.32. The molecule has 0 bridgehead atoms. The van der Waals surface area contributed by atoms with Crippen LogP contribution in [0.3, 0.4) is 0 Å². The fraction of sp³-hybridized carbons (Fsp3) is 0.273. The second kappa shape index (κ2) is 5.66. The Hall–Kier alpha value is -0.156. The van der Waals surface area contributed by atoms with Gasteiger partial charge in [-0.15, -0.1) is 4.82 Å². The van der Waals surface area contributed by atoms with E-state index in [1.165, 1.54) is 41.5 Å². The van der Waals surface area contributed by atoms with Crippen LogP contribution in [0.2, 0.25) is 19.6 Å². The Bertz CT molecular complexity index is 444. The molecule has 0 saturated carbocycles. The van der Waals surface area contributed by atoms with Crippen molar-refractivity contribution in [2.24, 2.45) is 0 Å². The van der Waals surface area contributed by atoms with E-state index in [9.17, 15) is 0 Å². The first-order valence-corrected chi connectivity index (χ1v) is 13.6. The van der Waals surface area contributed by atoms with Crippen molar-refractivity contribution in [1.82, 2.24) is 0 Å². The maximum Gasteiger partial charge on any atom is 0.242 e. The second-order valence-electron chi connectivity index (χ2n) is 5.77. The molecule has 1 aromatic carbocycles. The topological polar surface area (TPSA) is 9.23 Å². The minimum atomic E-state index is -1.48. The molecule has 0 fully saturated rings. The zero-order chi connectivity index (χ0) is 13.2. The van der Waals surface area contributed by atoms with Gasteiger partial charge in [0.25, 0.3) is 0 Å². The summed E-state index contributed by atoms with van der Waals surface area (Å²) >= 11 is 0. The van der Waals surface area contributed by atoms with Gasteiger partial charge in [0.05, 0.1) is 0 Å². The molecule has 0 heterocycles. The maximum atomic E-state index is 6.19. The van der Waals surface area contributed by atoms with Crippen LogP contribution in [0.1, 0.15) is 5.56 Å². The van der Waals surface area contributed by atoms with E-state index in [0.717, 1.165) is 16.0 Å². The molecule has 1 aromatic rings. The van der Waals surface area contributed by atoms with Gasteiger partial charge in [-0.2, -0.15) is 0 Å². The summed E-state index contributed by atoms with van der Waals surface area (Å²) in [4.78, 5) is 1.72. The molecule has 0 atom stereocenters. The van der Waals surface area contributed by atoms with E-state index in [-0.39, 0.29) is 0 Å². The molecule has 0 spiro atoms. The van der Waals surface area contributed by atoms with Crippen LogP contribution in [0.4, 0.5) is 0 Å². The van der Waals surface area contributed by atoms with E-state index in [0.29, 0.717) is 0 Å². The summed E-state index contributed by atoms with van der Waals surface area (Å²) in [6.45, 7) is 6.76. The van der Waals surface area contributed by atoms with Crippen LogP contribution in [-0.4, -0.2) is 49.3 Å². The van der Waals surface area contributed by atoms with E-state index in [1.807, 2.05) is 0 Å². The molecule has 0 N–H and O–H groups in total. The largest absolute Gasteiger partial charge is 0.544 e. The molecular formula is C11H24OSi5. The van der Waals surface area contributed by atoms with E-state index >= 15 is 0 Å². The molecule has 1 rings (SSSR count). The zero-order valence-corrected chi connectivity index (χ0v) is 21.1. The fourth-order valence-corrected chi connectivity index (χ4v) is 5.21. The number of rotatable bonds is 3. The fourth-order valence-electron chi connectivity index (χ4n) is 1.73. The lowest BCUT2D eigenvalue weighted by Gasteiger charge is -2.22. The highest BCUT2D eigenvalue weighted by Crippen LogP contribution is 2.18. The van der Waals surface area contributed by atoms with Crippen LogP contribution in [0, 0.1) is 0 Å². The molecule has 0 aliphatic carbocycles. The number of hydrogen-bond acceptors (Lipinski definition) is 1. The highest BCUT2D eigenvalue weighted by molar-refractivity contribution is 6.70. The van der Waals surface area contributed by atoms with Gasteiger partial charge >= 0.3 is 0 Å². The Morgan fingerprint density at radius 2 is 1.71 bits per heavy atom. The minimum Gasteiger partial charge on any atom is -0.544 e. The summed E-state index contributed by atoms with van der Waals surface area (Å²) in [5, 5.41) is 3.12. The van der Waals surface area contributed by atoms with E-state index in [1.54, 1.807) is 10.0 Å². The van der Waals surface area contributed by atoms with Gasteiger partial charge in [0.1, 0.15) is 5.75 Å². The molecule has 0 aromatic heterocycles. The van der Waals surface area contributed by atoms with E-state index in [2.05, 4.69) is 37.8 Å².